The van der Waals surface area contributed by atoms with Crippen LogP contribution in [0.1, 0.15) is 28.9 Å². The lowest BCUT2D eigenvalue weighted by Gasteiger charge is -2.29. The molecule has 2 aromatic carbocycles. The van der Waals surface area contributed by atoms with Crippen LogP contribution in [0.25, 0.3) is 10.9 Å². The van der Waals surface area contributed by atoms with E-state index in [1.165, 1.54) is 26.5 Å². The smallest absolute Gasteiger partial charge is 0.247 e. The topological polar surface area (TPSA) is 127 Å². The minimum Gasteiger partial charge on any atom is -0.494 e. The summed E-state index contributed by atoms with van der Waals surface area (Å²) in [4.78, 5) is 37.1. The lowest BCUT2D eigenvalue weighted by molar-refractivity contribution is -0.111. The van der Waals surface area contributed by atoms with Crippen LogP contribution in [0, 0.1) is 11.6 Å². The molecule has 0 spiro atoms. The predicted octanol–water partition coefficient (Wildman–Crippen LogP) is 5.44. The molecule has 2 fully saturated rings. The number of fused-ring (bicyclic) bond motifs is 1. The fourth-order valence-electron chi connectivity index (χ4n) is 5.16. The van der Waals surface area contributed by atoms with Gasteiger partial charge < -0.3 is 35.1 Å². The molecular weight excluding hydrogens is 598 g/mol. The number of hydrogen-bond donors (Lipinski definition) is 3. The molecule has 11 nitrogen and oxygen atoms in total. The van der Waals surface area contributed by atoms with Crippen molar-refractivity contribution in [1.29, 1.82) is 0 Å². The van der Waals surface area contributed by atoms with Crippen molar-refractivity contribution in [1.82, 2.24) is 9.97 Å². The molecule has 13 heteroatoms. The van der Waals surface area contributed by atoms with Crippen molar-refractivity contribution in [2.24, 2.45) is 0 Å². The van der Waals surface area contributed by atoms with Gasteiger partial charge in [-0.3, -0.25) is 9.59 Å². The van der Waals surface area contributed by atoms with E-state index in [1.807, 2.05) is 18.2 Å². The minimum absolute atomic E-state index is 0.0979. The van der Waals surface area contributed by atoms with E-state index in [0.29, 0.717) is 47.0 Å². The number of pyridine rings is 2. The SMILES string of the molecule is C=CC(=O)Nc1cc(N2CCOCC2)ccc1Nc1cc2cc(NC3CC3)c(C(=O)c3c(F)c(OC)cc(OC)c3F)nc2cn1. The Bertz CT molecular complexity index is 1810. The Morgan fingerprint density at radius 2 is 1.72 bits per heavy atom. The van der Waals surface area contributed by atoms with Gasteiger partial charge in [-0.25, -0.2) is 18.7 Å². The second-order valence-electron chi connectivity index (χ2n) is 10.8. The van der Waals surface area contributed by atoms with Crippen molar-refractivity contribution in [2.75, 3.05) is 61.4 Å². The molecule has 0 radical (unpaired) electrons. The molecule has 46 heavy (non-hydrogen) atoms. The maximum Gasteiger partial charge on any atom is 0.247 e. The largest absolute Gasteiger partial charge is 0.494 e. The van der Waals surface area contributed by atoms with Crippen molar-refractivity contribution in [2.45, 2.75) is 18.9 Å². The number of aromatic nitrogens is 2. The Morgan fingerprint density at radius 1 is 1.00 bits per heavy atom. The third-order valence-electron chi connectivity index (χ3n) is 7.74. The monoisotopic (exact) mass is 630 g/mol. The van der Waals surface area contributed by atoms with E-state index in [2.05, 4.69) is 37.4 Å². The second kappa shape index (κ2) is 13.0. The lowest BCUT2D eigenvalue weighted by atomic mass is 10.0. The van der Waals surface area contributed by atoms with E-state index in [0.717, 1.165) is 37.7 Å². The van der Waals surface area contributed by atoms with Gasteiger partial charge in [-0.05, 0) is 49.2 Å². The highest BCUT2D eigenvalue weighted by molar-refractivity contribution is 6.13. The van der Waals surface area contributed by atoms with Crippen LogP contribution in [0.5, 0.6) is 11.5 Å². The summed E-state index contributed by atoms with van der Waals surface area (Å²) < 4.78 is 46.1. The number of halogens is 2. The van der Waals surface area contributed by atoms with Gasteiger partial charge in [-0.15, -0.1) is 0 Å². The first-order valence-corrected chi connectivity index (χ1v) is 14.7. The number of rotatable bonds is 11. The number of amides is 1. The van der Waals surface area contributed by atoms with Crippen LogP contribution in [-0.2, 0) is 9.53 Å². The van der Waals surface area contributed by atoms with Crippen molar-refractivity contribution >= 4 is 51.2 Å². The maximum atomic E-state index is 15.3. The molecule has 0 unspecified atom stereocenters. The number of carbonyl (C=O) groups is 2. The number of anilines is 5. The van der Waals surface area contributed by atoms with E-state index in [4.69, 9.17) is 14.2 Å². The predicted molar refractivity (Wildman–Crippen MR) is 171 cm³/mol. The van der Waals surface area contributed by atoms with Crippen molar-refractivity contribution in [3.63, 3.8) is 0 Å². The number of morpholine rings is 1. The van der Waals surface area contributed by atoms with E-state index in [1.54, 1.807) is 12.1 Å². The molecule has 1 aliphatic carbocycles. The van der Waals surface area contributed by atoms with Gasteiger partial charge in [0.1, 0.15) is 17.1 Å². The van der Waals surface area contributed by atoms with Gasteiger partial charge in [0.2, 0.25) is 11.7 Å². The molecule has 3 N–H and O–H groups in total. The summed E-state index contributed by atoms with van der Waals surface area (Å²) >= 11 is 0. The molecule has 4 aromatic rings. The normalized spacial score (nSPS) is 14.5. The summed E-state index contributed by atoms with van der Waals surface area (Å²) in [5.41, 5.74) is 1.71. The summed E-state index contributed by atoms with van der Waals surface area (Å²) in [6.07, 6.45) is 4.41. The van der Waals surface area contributed by atoms with Gasteiger partial charge in [0.15, 0.2) is 23.1 Å². The van der Waals surface area contributed by atoms with E-state index >= 15 is 8.78 Å². The molecule has 1 saturated carbocycles. The van der Waals surface area contributed by atoms with Gasteiger partial charge in [0, 0.05) is 36.3 Å². The third-order valence-corrected chi connectivity index (χ3v) is 7.74. The first-order chi connectivity index (χ1) is 22.3. The Kier molecular flexibility index (Phi) is 8.66. The number of nitrogens with zero attached hydrogens (tertiary/aromatic N) is 3. The summed E-state index contributed by atoms with van der Waals surface area (Å²) in [7, 11) is 2.43. The van der Waals surface area contributed by atoms with Crippen LogP contribution in [0.2, 0.25) is 0 Å². The molecular formula is C33H32F2N6O5. The first kappa shape index (κ1) is 30.7. The van der Waals surface area contributed by atoms with Crippen LogP contribution in [-0.4, -0.2) is 68.2 Å². The molecule has 1 amide bonds. The molecule has 0 atom stereocenters. The van der Waals surface area contributed by atoms with Gasteiger partial charge in [-0.1, -0.05) is 6.58 Å². The Balaban J connectivity index is 1.36. The van der Waals surface area contributed by atoms with Crippen LogP contribution in [0.15, 0.2) is 55.3 Å². The Hall–Kier alpha value is -5.30. The number of ketones is 1. The molecule has 1 saturated heterocycles. The average Bonchev–Trinajstić information content (AvgIpc) is 3.89. The molecule has 2 aliphatic rings. The zero-order valence-corrected chi connectivity index (χ0v) is 25.3. The highest BCUT2D eigenvalue weighted by atomic mass is 19.1. The Labute approximate surface area is 263 Å². The van der Waals surface area contributed by atoms with E-state index in [-0.39, 0.29) is 29.1 Å². The second-order valence-corrected chi connectivity index (χ2v) is 10.8. The van der Waals surface area contributed by atoms with Gasteiger partial charge in [-0.2, -0.15) is 0 Å². The highest BCUT2D eigenvalue weighted by Crippen LogP contribution is 2.36. The van der Waals surface area contributed by atoms with Gasteiger partial charge >= 0.3 is 0 Å². The summed E-state index contributed by atoms with van der Waals surface area (Å²) in [6, 6.07) is 10.2. The summed E-state index contributed by atoms with van der Waals surface area (Å²) in [6.45, 7) is 6.25. The van der Waals surface area contributed by atoms with Gasteiger partial charge in [0.05, 0.1) is 56.2 Å². The first-order valence-electron chi connectivity index (χ1n) is 14.7. The molecule has 238 valence electrons. The maximum absolute atomic E-state index is 15.3. The number of ether oxygens (including phenoxy) is 3. The zero-order chi connectivity index (χ0) is 32.4. The lowest BCUT2D eigenvalue weighted by Crippen LogP contribution is -2.36. The average molecular weight is 631 g/mol. The fourth-order valence-corrected chi connectivity index (χ4v) is 5.16. The van der Waals surface area contributed by atoms with Crippen molar-refractivity contribution in [3.8, 4) is 11.5 Å². The molecule has 6 rings (SSSR count). The molecule has 3 heterocycles. The highest BCUT2D eigenvalue weighted by Gasteiger charge is 2.31. The Morgan fingerprint density at radius 3 is 2.37 bits per heavy atom. The van der Waals surface area contributed by atoms with Crippen LogP contribution < -0.4 is 30.3 Å². The van der Waals surface area contributed by atoms with Crippen LogP contribution in [0.3, 0.4) is 0 Å². The number of benzene rings is 2. The zero-order valence-electron chi connectivity index (χ0n) is 25.3. The molecule has 0 bridgehead atoms. The number of methoxy groups -OCH3 is 2. The van der Waals surface area contributed by atoms with Crippen LogP contribution in [0.4, 0.5) is 37.3 Å². The molecule has 2 aromatic heterocycles. The van der Waals surface area contributed by atoms with Crippen molar-refractivity contribution in [3.05, 3.63) is 78.1 Å². The quantitative estimate of drug-likeness (QED) is 0.146. The fraction of sp³-hybridized carbons (Fsp3) is 0.273. The third kappa shape index (κ3) is 6.26. The number of nitrogens with one attached hydrogen (secondary N) is 3. The minimum atomic E-state index is -1.15. The number of carbonyl (C=O) groups excluding carboxylic acids is 2. The van der Waals surface area contributed by atoms with Crippen molar-refractivity contribution < 1.29 is 32.6 Å². The van der Waals surface area contributed by atoms with Gasteiger partial charge in [0.25, 0.3) is 0 Å². The molecule has 1 aliphatic heterocycles. The number of hydrogen-bond acceptors (Lipinski definition) is 10. The standard InChI is InChI=1S/C33H32F2N6O5/c1-4-28(42)39-22-15-20(41-9-11-46-12-10-41)7-8-21(22)38-27-14-18-13-23(37-19-5-6-19)32(40-24(18)17-36-27)33(43)29-30(34)25(44-2)16-26(45-3)31(29)35/h4,7-8,13-17,19,37H,1,5-6,9-12H2,2-3H3,(H,36,38)(H,39,42). The summed E-state index contributed by atoms with van der Waals surface area (Å²) in [5.74, 6) is -3.87. The summed E-state index contributed by atoms with van der Waals surface area (Å²) in [5, 5.41) is 9.99. The van der Waals surface area contributed by atoms with E-state index < -0.39 is 23.0 Å². The van der Waals surface area contributed by atoms with Crippen LogP contribution >= 0.6 is 0 Å². The van der Waals surface area contributed by atoms with E-state index in [9.17, 15) is 9.59 Å².